The number of hydrogen-bond donors (Lipinski definition) is 0. The van der Waals surface area contributed by atoms with Crippen molar-refractivity contribution in [1.82, 2.24) is 9.55 Å². The normalized spacial score (nSPS) is 21.3. The van der Waals surface area contributed by atoms with E-state index in [1.807, 2.05) is 14.0 Å². The molecule has 1 saturated heterocycles. The van der Waals surface area contributed by atoms with E-state index in [-0.39, 0.29) is 17.6 Å². The number of nitrogens with zero attached hydrogens (tertiary/aromatic N) is 2. The minimum absolute atomic E-state index is 0.00476. The number of imidazole rings is 1. The van der Waals surface area contributed by atoms with Crippen LogP contribution < -0.4 is 0 Å². The summed E-state index contributed by atoms with van der Waals surface area (Å²) in [5.41, 5.74) is 0.759. The Morgan fingerprint density at radius 2 is 2.13 bits per heavy atom. The van der Waals surface area contributed by atoms with Crippen molar-refractivity contribution in [2.24, 2.45) is 24.8 Å². The number of aldehydes is 1. The van der Waals surface area contributed by atoms with E-state index in [0.29, 0.717) is 37.8 Å². The van der Waals surface area contributed by atoms with E-state index in [1.165, 1.54) is 0 Å². The van der Waals surface area contributed by atoms with Gasteiger partial charge in [-0.05, 0) is 31.6 Å². The molecule has 2 fully saturated rings. The van der Waals surface area contributed by atoms with Crippen molar-refractivity contribution >= 4 is 12.1 Å². The SMILES string of the molecule is CCC(CC(C=O)C1CC1)C(=O)c1ncc(C2OCCO2)n1C. The fourth-order valence-corrected chi connectivity index (χ4v) is 3.25. The van der Waals surface area contributed by atoms with Gasteiger partial charge in [0, 0.05) is 18.9 Å². The molecular formula is C17H24N2O4. The Balaban J connectivity index is 1.73. The van der Waals surface area contributed by atoms with Gasteiger partial charge in [0.05, 0.1) is 25.1 Å². The molecule has 126 valence electrons. The molecule has 2 atom stereocenters. The molecule has 0 amide bonds. The average Bonchev–Trinajstić information content (AvgIpc) is 3.11. The molecular weight excluding hydrogens is 296 g/mol. The zero-order chi connectivity index (χ0) is 16.4. The van der Waals surface area contributed by atoms with Crippen LogP contribution in [0.3, 0.4) is 0 Å². The monoisotopic (exact) mass is 320 g/mol. The lowest BCUT2D eigenvalue weighted by molar-refractivity contribution is -0.112. The maximum absolute atomic E-state index is 12.8. The van der Waals surface area contributed by atoms with Gasteiger partial charge in [0.2, 0.25) is 12.1 Å². The zero-order valence-electron chi connectivity index (χ0n) is 13.7. The second-order valence-electron chi connectivity index (χ2n) is 6.48. The van der Waals surface area contributed by atoms with Crippen molar-refractivity contribution in [2.45, 2.75) is 38.9 Å². The molecule has 0 spiro atoms. The third-order valence-corrected chi connectivity index (χ3v) is 4.93. The van der Waals surface area contributed by atoms with Gasteiger partial charge in [0.15, 0.2) is 5.82 Å². The summed E-state index contributed by atoms with van der Waals surface area (Å²) in [6.07, 6.45) is 5.79. The van der Waals surface area contributed by atoms with E-state index in [9.17, 15) is 9.59 Å². The number of hydrogen-bond acceptors (Lipinski definition) is 5. The van der Waals surface area contributed by atoms with Crippen molar-refractivity contribution < 1.29 is 19.1 Å². The molecule has 23 heavy (non-hydrogen) atoms. The first-order chi connectivity index (χ1) is 11.2. The van der Waals surface area contributed by atoms with Crippen LogP contribution in [-0.4, -0.2) is 34.8 Å². The first-order valence-corrected chi connectivity index (χ1v) is 8.40. The largest absolute Gasteiger partial charge is 0.345 e. The van der Waals surface area contributed by atoms with Crippen molar-refractivity contribution in [3.63, 3.8) is 0 Å². The summed E-state index contributed by atoms with van der Waals surface area (Å²) >= 11 is 0. The van der Waals surface area contributed by atoms with Crippen LogP contribution in [0.15, 0.2) is 6.20 Å². The van der Waals surface area contributed by atoms with Crippen LogP contribution in [0.25, 0.3) is 0 Å². The van der Waals surface area contributed by atoms with Gasteiger partial charge in [-0.15, -0.1) is 0 Å². The summed E-state index contributed by atoms with van der Waals surface area (Å²) in [5, 5.41) is 0. The summed E-state index contributed by atoms with van der Waals surface area (Å²) < 4.78 is 12.7. The number of carbonyl (C=O) groups excluding carboxylic acids is 2. The van der Waals surface area contributed by atoms with Crippen LogP contribution >= 0.6 is 0 Å². The van der Waals surface area contributed by atoms with E-state index in [4.69, 9.17) is 9.47 Å². The van der Waals surface area contributed by atoms with Crippen LogP contribution in [0.2, 0.25) is 0 Å². The van der Waals surface area contributed by atoms with E-state index in [0.717, 1.165) is 24.8 Å². The lowest BCUT2D eigenvalue weighted by atomic mass is 9.87. The lowest BCUT2D eigenvalue weighted by Gasteiger charge is -2.18. The second kappa shape index (κ2) is 6.93. The molecule has 0 N–H and O–H groups in total. The number of ether oxygens (including phenoxy) is 2. The standard InChI is InChI=1S/C17H24N2O4/c1-3-11(8-13(10-20)12-4-5-12)15(21)16-18-9-14(19(16)2)17-22-6-7-23-17/h9-13,17H,3-8H2,1-2H3. The van der Waals surface area contributed by atoms with Crippen LogP contribution in [0.4, 0.5) is 0 Å². The maximum atomic E-state index is 12.8. The molecule has 0 radical (unpaired) electrons. The minimum Gasteiger partial charge on any atom is -0.345 e. The van der Waals surface area contributed by atoms with Gasteiger partial charge in [-0.25, -0.2) is 4.98 Å². The molecule has 6 nitrogen and oxygen atoms in total. The van der Waals surface area contributed by atoms with E-state index in [1.54, 1.807) is 10.8 Å². The predicted octanol–water partition coefficient (Wildman–Crippen LogP) is 2.29. The highest BCUT2D eigenvalue weighted by atomic mass is 16.7. The fraction of sp³-hybridized carbons (Fsp3) is 0.706. The molecule has 2 aliphatic rings. The van der Waals surface area contributed by atoms with Gasteiger partial charge in [-0.1, -0.05) is 6.92 Å². The van der Waals surface area contributed by atoms with Crippen LogP contribution in [-0.2, 0) is 21.3 Å². The van der Waals surface area contributed by atoms with Gasteiger partial charge in [-0.2, -0.15) is 0 Å². The van der Waals surface area contributed by atoms with Crippen molar-refractivity contribution in [3.8, 4) is 0 Å². The second-order valence-corrected chi connectivity index (χ2v) is 6.48. The molecule has 2 heterocycles. The van der Waals surface area contributed by atoms with Gasteiger partial charge in [0.1, 0.15) is 6.29 Å². The molecule has 0 bridgehead atoms. The van der Waals surface area contributed by atoms with Crippen molar-refractivity contribution in [1.29, 1.82) is 0 Å². The number of rotatable bonds is 8. The van der Waals surface area contributed by atoms with Crippen LogP contribution in [0, 0.1) is 17.8 Å². The van der Waals surface area contributed by atoms with Crippen LogP contribution in [0.1, 0.15) is 55.2 Å². The number of Topliss-reactive ketones (excluding diaryl/α,β-unsaturated/α-hetero) is 1. The first kappa shape index (κ1) is 16.3. The summed E-state index contributed by atoms with van der Waals surface area (Å²) in [6, 6.07) is 0. The smallest absolute Gasteiger partial charge is 0.201 e. The van der Waals surface area contributed by atoms with Crippen molar-refractivity contribution in [2.75, 3.05) is 13.2 Å². The quantitative estimate of drug-likeness (QED) is 0.543. The third kappa shape index (κ3) is 3.38. The molecule has 2 unspecified atom stereocenters. The summed E-state index contributed by atoms with van der Waals surface area (Å²) in [5.74, 6) is 0.750. The molecule has 0 aromatic carbocycles. The summed E-state index contributed by atoms with van der Waals surface area (Å²) in [7, 11) is 1.81. The molecule has 1 aromatic rings. The van der Waals surface area contributed by atoms with Crippen LogP contribution in [0.5, 0.6) is 0 Å². The zero-order valence-corrected chi connectivity index (χ0v) is 13.7. The topological polar surface area (TPSA) is 70.4 Å². The summed E-state index contributed by atoms with van der Waals surface area (Å²) in [6.45, 7) is 3.10. The highest BCUT2D eigenvalue weighted by Gasteiger charge is 2.35. The van der Waals surface area contributed by atoms with Crippen molar-refractivity contribution in [3.05, 3.63) is 17.7 Å². The number of carbonyl (C=O) groups is 2. The van der Waals surface area contributed by atoms with Gasteiger partial charge in [-0.3, -0.25) is 4.79 Å². The Labute approximate surface area is 136 Å². The molecule has 1 aliphatic carbocycles. The minimum atomic E-state index is -0.441. The Hall–Kier alpha value is -1.53. The highest BCUT2D eigenvalue weighted by molar-refractivity contribution is 5.95. The van der Waals surface area contributed by atoms with Gasteiger partial charge < -0.3 is 18.8 Å². The lowest BCUT2D eigenvalue weighted by Crippen LogP contribution is -2.23. The first-order valence-electron chi connectivity index (χ1n) is 8.40. The highest BCUT2D eigenvalue weighted by Crippen LogP contribution is 2.39. The van der Waals surface area contributed by atoms with E-state index < -0.39 is 6.29 Å². The fourth-order valence-electron chi connectivity index (χ4n) is 3.25. The maximum Gasteiger partial charge on any atom is 0.201 e. The third-order valence-electron chi connectivity index (χ3n) is 4.93. The van der Waals surface area contributed by atoms with E-state index >= 15 is 0 Å². The summed E-state index contributed by atoms with van der Waals surface area (Å²) in [4.78, 5) is 28.4. The number of ketones is 1. The Morgan fingerprint density at radius 3 is 2.70 bits per heavy atom. The molecule has 1 aliphatic heterocycles. The van der Waals surface area contributed by atoms with E-state index in [2.05, 4.69) is 4.98 Å². The predicted molar refractivity (Wildman–Crippen MR) is 82.9 cm³/mol. The Morgan fingerprint density at radius 1 is 1.43 bits per heavy atom. The van der Waals surface area contributed by atoms with Gasteiger partial charge >= 0.3 is 0 Å². The Kier molecular flexibility index (Phi) is 4.92. The van der Waals surface area contributed by atoms with Gasteiger partial charge in [0.25, 0.3) is 0 Å². The average molecular weight is 320 g/mol. The Bertz CT molecular complexity index is 573. The molecule has 1 aromatic heterocycles. The molecule has 6 heteroatoms. The molecule has 1 saturated carbocycles. The number of aromatic nitrogens is 2. The molecule has 3 rings (SSSR count).